The number of halogens is 1. The van der Waals surface area contributed by atoms with Crippen molar-refractivity contribution in [1.29, 1.82) is 0 Å². The molecule has 1 atom stereocenters. The number of methoxy groups -OCH3 is 2. The van der Waals surface area contributed by atoms with Crippen molar-refractivity contribution in [3.8, 4) is 11.5 Å². The maximum absolute atomic E-state index is 14.1. The van der Waals surface area contributed by atoms with Crippen LogP contribution in [0.15, 0.2) is 72.8 Å². The lowest BCUT2D eigenvalue weighted by molar-refractivity contribution is -0.140. The number of amides is 2. The van der Waals surface area contributed by atoms with Gasteiger partial charge in [0, 0.05) is 30.6 Å². The molecule has 0 aliphatic rings. The monoisotopic (exact) mass is 615 g/mol. The molecular weight excluding hydrogens is 578 g/mol. The topological polar surface area (TPSA) is 105 Å². The zero-order valence-corrected chi connectivity index (χ0v) is 26.0. The second kappa shape index (κ2) is 15.5. The van der Waals surface area contributed by atoms with Gasteiger partial charge in [-0.3, -0.25) is 13.9 Å². The van der Waals surface area contributed by atoms with Crippen molar-refractivity contribution in [3.05, 3.63) is 88.9 Å². The number of anilines is 1. The zero-order chi connectivity index (χ0) is 30.7. The Morgan fingerprint density at radius 3 is 2.19 bits per heavy atom. The lowest BCUT2D eigenvalue weighted by Gasteiger charge is -2.33. The molecule has 2 amide bonds. The summed E-state index contributed by atoms with van der Waals surface area (Å²) in [4.78, 5) is 29.2. The number of benzene rings is 3. The predicted octanol–water partition coefficient (Wildman–Crippen LogP) is 4.68. The van der Waals surface area contributed by atoms with Gasteiger partial charge in [0.2, 0.25) is 21.8 Å². The maximum atomic E-state index is 14.1. The number of ether oxygens (including phenoxy) is 2. The Morgan fingerprint density at radius 1 is 0.929 bits per heavy atom. The van der Waals surface area contributed by atoms with Gasteiger partial charge < -0.3 is 19.7 Å². The van der Waals surface area contributed by atoms with Crippen molar-refractivity contribution in [2.45, 2.75) is 38.8 Å². The molecule has 0 fully saturated rings. The molecule has 0 heterocycles. The van der Waals surface area contributed by atoms with Crippen LogP contribution in [0.2, 0.25) is 5.02 Å². The molecule has 1 N–H and O–H groups in total. The van der Waals surface area contributed by atoms with Crippen LogP contribution in [-0.4, -0.2) is 64.7 Å². The van der Waals surface area contributed by atoms with Crippen molar-refractivity contribution >= 4 is 39.1 Å². The molecule has 226 valence electrons. The van der Waals surface area contributed by atoms with E-state index in [2.05, 4.69) is 5.32 Å². The van der Waals surface area contributed by atoms with Crippen molar-refractivity contribution in [3.63, 3.8) is 0 Å². The minimum atomic E-state index is -3.92. The van der Waals surface area contributed by atoms with Gasteiger partial charge >= 0.3 is 0 Å². The number of nitrogens with one attached hydrogen (secondary N) is 1. The second-order valence-electron chi connectivity index (χ2n) is 9.81. The van der Waals surface area contributed by atoms with Crippen molar-refractivity contribution in [1.82, 2.24) is 10.2 Å². The number of unbranched alkanes of at least 4 members (excludes halogenated alkanes) is 1. The molecule has 0 spiro atoms. The quantitative estimate of drug-likeness (QED) is 0.249. The Kier molecular flexibility index (Phi) is 12.1. The van der Waals surface area contributed by atoms with E-state index < -0.39 is 28.5 Å². The van der Waals surface area contributed by atoms with Gasteiger partial charge in [-0.05, 0) is 41.8 Å². The number of hydrogen-bond donors (Lipinski definition) is 1. The standard InChI is InChI=1S/C31H38ClN3O6S/c1-5-6-18-33-31(37)27(19-23-10-8-7-9-11-23)34(21-24-12-14-25(32)15-13-24)30(36)22-35(42(4,38)39)26-16-17-28(40-2)29(20-26)41-3/h7-17,20,27H,5-6,18-19,21-22H2,1-4H3,(H,33,37). The largest absolute Gasteiger partial charge is 0.493 e. The summed E-state index contributed by atoms with van der Waals surface area (Å²) < 4.78 is 37.6. The highest BCUT2D eigenvalue weighted by molar-refractivity contribution is 7.92. The second-order valence-corrected chi connectivity index (χ2v) is 12.2. The molecule has 0 aliphatic carbocycles. The summed E-state index contributed by atoms with van der Waals surface area (Å²) >= 11 is 6.10. The summed E-state index contributed by atoms with van der Waals surface area (Å²) in [6.45, 7) is 2.02. The summed E-state index contributed by atoms with van der Waals surface area (Å²) in [6, 6.07) is 20.1. The van der Waals surface area contributed by atoms with E-state index in [1.54, 1.807) is 30.3 Å². The molecule has 11 heteroatoms. The van der Waals surface area contributed by atoms with Crippen LogP contribution in [0, 0.1) is 0 Å². The minimum Gasteiger partial charge on any atom is -0.493 e. The molecule has 1 unspecified atom stereocenters. The summed E-state index contributed by atoms with van der Waals surface area (Å²) in [6.07, 6.45) is 2.95. The third-order valence-electron chi connectivity index (χ3n) is 6.70. The van der Waals surface area contributed by atoms with Crippen LogP contribution in [0.1, 0.15) is 30.9 Å². The van der Waals surface area contributed by atoms with Gasteiger partial charge in [-0.1, -0.05) is 67.4 Å². The molecule has 42 heavy (non-hydrogen) atoms. The van der Waals surface area contributed by atoms with E-state index in [9.17, 15) is 18.0 Å². The summed E-state index contributed by atoms with van der Waals surface area (Å²) in [5.41, 5.74) is 1.83. The molecule has 0 radical (unpaired) electrons. The van der Waals surface area contributed by atoms with E-state index in [1.807, 2.05) is 37.3 Å². The van der Waals surface area contributed by atoms with E-state index in [4.69, 9.17) is 21.1 Å². The first-order valence-corrected chi connectivity index (χ1v) is 15.8. The number of hydrogen-bond acceptors (Lipinski definition) is 6. The lowest BCUT2D eigenvalue weighted by Crippen LogP contribution is -2.53. The Balaban J connectivity index is 2.05. The number of sulfonamides is 1. The number of carbonyl (C=O) groups is 2. The lowest BCUT2D eigenvalue weighted by atomic mass is 10.0. The average Bonchev–Trinajstić information content (AvgIpc) is 2.98. The fourth-order valence-electron chi connectivity index (χ4n) is 4.44. The van der Waals surface area contributed by atoms with Gasteiger partial charge in [-0.25, -0.2) is 8.42 Å². The molecule has 0 bridgehead atoms. The molecule has 3 rings (SSSR count). The third kappa shape index (κ3) is 9.12. The summed E-state index contributed by atoms with van der Waals surface area (Å²) in [5.74, 6) is -0.133. The van der Waals surface area contributed by atoms with Crippen LogP contribution in [0.4, 0.5) is 5.69 Å². The minimum absolute atomic E-state index is 0.0677. The van der Waals surface area contributed by atoms with Gasteiger partial charge in [0.05, 0.1) is 26.2 Å². The summed E-state index contributed by atoms with van der Waals surface area (Å²) in [7, 11) is -1.00. The first kappa shape index (κ1) is 32.8. The third-order valence-corrected chi connectivity index (χ3v) is 8.09. The fraction of sp³-hybridized carbons (Fsp3) is 0.355. The average molecular weight is 616 g/mol. The van der Waals surface area contributed by atoms with Crippen molar-refractivity contribution in [2.75, 3.05) is 37.9 Å². The normalized spacial score (nSPS) is 11.8. The smallest absolute Gasteiger partial charge is 0.244 e. The van der Waals surface area contributed by atoms with Crippen molar-refractivity contribution < 1.29 is 27.5 Å². The van der Waals surface area contributed by atoms with Gasteiger partial charge in [-0.15, -0.1) is 0 Å². The van der Waals surface area contributed by atoms with Gasteiger partial charge in [0.15, 0.2) is 11.5 Å². The van der Waals surface area contributed by atoms with Crippen LogP contribution in [0.25, 0.3) is 0 Å². The van der Waals surface area contributed by atoms with Crippen LogP contribution >= 0.6 is 11.6 Å². The highest BCUT2D eigenvalue weighted by Crippen LogP contribution is 2.32. The Hall–Kier alpha value is -3.76. The van der Waals surface area contributed by atoms with E-state index in [0.29, 0.717) is 23.1 Å². The predicted molar refractivity (Wildman–Crippen MR) is 166 cm³/mol. The SMILES string of the molecule is CCCCNC(=O)C(Cc1ccccc1)N(Cc1ccc(Cl)cc1)C(=O)CN(c1ccc(OC)c(OC)c1)S(C)(=O)=O. The first-order chi connectivity index (χ1) is 20.1. The molecule has 3 aromatic rings. The van der Waals surface area contributed by atoms with Gasteiger partial charge in [0.1, 0.15) is 12.6 Å². The van der Waals surface area contributed by atoms with Gasteiger partial charge in [0.25, 0.3) is 0 Å². The van der Waals surface area contributed by atoms with E-state index in [1.165, 1.54) is 31.3 Å². The Bertz CT molecular complexity index is 1430. The van der Waals surface area contributed by atoms with Crippen molar-refractivity contribution in [2.24, 2.45) is 0 Å². The number of nitrogens with zero attached hydrogens (tertiary/aromatic N) is 2. The Morgan fingerprint density at radius 2 is 1.60 bits per heavy atom. The maximum Gasteiger partial charge on any atom is 0.244 e. The molecule has 9 nitrogen and oxygen atoms in total. The number of carbonyl (C=O) groups excluding carboxylic acids is 2. The number of rotatable bonds is 15. The highest BCUT2D eigenvalue weighted by Gasteiger charge is 2.33. The molecular formula is C31H38ClN3O6S. The zero-order valence-electron chi connectivity index (χ0n) is 24.4. The van der Waals surface area contributed by atoms with Gasteiger partial charge in [-0.2, -0.15) is 0 Å². The van der Waals surface area contributed by atoms with Crippen LogP contribution < -0.4 is 19.1 Å². The molecule has 0 saturated heterocycles. The molecule has 0 saturated carbocycles. The summed E-state index contributed by atoms with van der Waals surface area (Å²) in [5, 5.41) is 3.49. The molecule has 0 aromatic heterocycles. The highest BCUT2D eigenvalue weighted by atomic mass is 35.5. The molecule has 3 aromatic carbocycles. The van der Waals surface area contributed by atoms with E-state index in [0.717, 1.165) is 34.5 Å². The first-order valence-electron chi connectivity index (χ1n) is 13.6. The Labute approximate surface area is 253 Å². The van der Waals surface area contributed by atoms with Crippen LogP contribution in [-0.2, 0) is 32.6 Å². The molecule has 0 aliphatic heterocycles. The van der Waals surface area contributed by atoms with Crippen LogP contribution in [0.5, 0.6) is 11.5 Å². The van der Waals surface area contributed by atoms with Crippen LogP contribution in [0.3, 0.4) is 0 Å². The van der Waals surface area contributed by atoms with E-state index in [-0.39, 0.29) is 24.6 Å². The fourth-order valence-corrected chi connectivity index (χ4v) is 5.41. The van der Waals surface area contributed by atoms with E-state index >= 15 is 0 Å².